The Bertz CT molecular complexity index is 832. The molecule has 0 saturated carbocycles. The molecule has 0 fully saturated rings. The fraction of sp³-hybridized carbons (Fsp3) is 0.222. The Labute approximate surface area is 146 Å². The van der Waals surface area contributed by atoms with Crippen LogP contribution >= 0.6 is 0 Å². The molecule has 0 radical (unpaired) electrons. The van der Waals surface area contributed by atoms with E-state index in [2.05, 4.69) is 15.1 Å². The molecule has 0 spiro atoms. The quantitative estimate of drug-likeness (QED) is 0.712. The van der Waals surface area contributed by atoms with Gasteiger partial charge >= 0.3 is 0 Å². The number of carbonyl (C=O) groups excluding carboxylic acids is 1. The van der Waals surface area contributed by atoms with E-state index in [1.54, 1.807) is 24.7 Å². The van der Waals surface area contributed by atoms with Crippen molar-refractivity contribution >= 4 is 11.6 Å². The number of nitrogens with zero attached hydrogens (tertiary/aromatic N) is 5. The fourth-order valence-electron chi connectivity index (χ4n) is 2.74. The summed E-state index contributed by atoms with van der Waals surface area (Å²) < 4.78 is 1.88. The number of nitrogens with two attached hydrogens (primary N) is 1. The summed E-state index contributed by atoms with van der Waals surface area (Å²) in [6.07, 6.45) is 7.85. The molecule has 25 heavy (non-hydrogen) atoms. The Morgan fingerprint density at radius 3 is 2.72 bits per heavy atom. The molecule has 0 aliphatic heterocycles. The Balaban J connectivity index is 1.88. The minimum atomic E-state index is -0.478. The van der Waals surface area contributed by atoms with Gasteiger partial charge in [-0.05, 0) is 30.7 Å². The van der Waals surface area contributed by atoms with Crippen molar-refractivity contribution in [1.82, 2.24) is 19.7 Å². The first-order valence-electron chi connectivity index (χ1n) is 8.05. The molecule has 0 aromatic carbocycles. The number of anilines is 1. The number of carbonyl (C=O) groups is 1. The summed E-state index contributed by atoms with van der Waals surface area (Å²) in [6, 6.07) is 9.15. The van der Waals surface area contributed by atoms with Crippen LogP contribution in [0.15, 0.2) is 55.1 Å². The summed E-state index contributed by atoms with van der Waals surface area (Å²) in [4.78, 5) is 22.7. The van der Waals surface area contributed by atoms with Crippen LogP contribution in [0, 0.1) is 0 Å². The summed E-state index contributed by atoms with van der Waals surface area (Å²) in [5.41, 5.74) is 8.08. The van der Waals surface area contributed by atoms with Gasteiger partial charge in [-0.1, -0.05) is 6.07 Å². The van der Waals surface area contributed by atoms with Crippen LogP contribution in [0.4, 0.5) is 5.69 Å². The number of primary amides is 1. The van der Waals surface area contributed by atoms with Gasteiger partial charge in [-0.2, -0.15) is 5.10 Å². The Morgan fingerprint density at radius 2 is 2.04 bits per heavy atom. The highest BCUT2D eigenvalue weighted by Gasteiger charge is 2.19. The van der Waals surface area contributed by atoms with E-state index in [0.717, 1.165) is 19.5 Å². The minimum Gasteiger partial charge on any atom is -0.372 e. The number of aryl methyl sites for hydroxylation is 1. The first-order valence-corrected chi connectivity index (χ1v) is 8.05. The van der Waals surface area contributed by atoms with Gasteiger partial charge in [0.15, 0.2) is 0 Å². The summed E-state index contributed by atoms with van der Waals surface area (Å²) in [6.45, 7) is 1.52. The van der Waals surface area contributed by atoms with Crippen molar-refractivity contribution in [3.8, 4) is 11.4 Å². The van der Waals surface area contributed by atoms with Gasteiger partial charge in [-0.15, -0.1) is 0 Å². The van der Waals surface area contributed by atoms with Gasteiger partial charge in [-0.25, -0.2) is 0 Å². The molecule has 0 atom stereocenters. The van der Waals surface area contributed by atoms with E-state index in [1.165, 1.54) is 0 Å². The molecule has 0 aliphatic rings. The van der Waals surface area contributed by atoms with Crippen LogP contribution < -0.4 is 10.6 Å². The number of aromatic nitrogens is 4. The van der Waals surface area contributed by atoms with Crippen LogP contribution in [0.2, 0.25) is 0 Å². The molecule has 0 bridgehead atoms. The van der Waals surface area contributed by atoms with E-state index in [0.29, 0.717) is 22.6 Å². The van der Waals surface area contributed by atoms with Crippen LogP contribution in [-0.2, 0) is 6.54 Å². The number of hydrogen-bond donors (Lipinski definition) is 1. The van der Waals surface area contributed by atoms with Crippen molar-refractivity contribution in [3.63, 3.8) is 0 Å². The van der Waals surface area contributed by atoms with Gasteiger partial charge in [0.2, 0.25) is 0 Å². The van der Waals surface area contributed by atoms with Gasteiger partial charge in [0.05, 0.1) is 16.9 Å². The van der Waals surface area contributed by atoms with Crippen LogP contribution in [0.5, 0.6) is 0 Å². The third-order valence-electron chi connectivity index (χ3n) is 3.92. The van der Waals surface area contributed by atoms with Gasteiger partial charge < -0.3 is 10.6 Å². The molecule has 3 heterocycles. The molecule has 1 amide bonds. The Hall–Kier alpha value is -3.22. The largest absolute Gasteiger partial charge is 0.372 e. The molecule has 2 N–H and O–H groups in total. The SMILES string of the molecule is CN(CCCn1cccn1)c1c(C(N)=O)ccnc1-c1ccccn1. The summed E-state index contributed by atoms with van der Waals surface area (Å²) in [5, 5.41) is 4.20. The van der Waals surface area contributed by atoms with Crippen LogP contribution in [0.3, 0.4) is 0 Å². The average molecular weight is 336 g/mol. The van der Waals surface area contributed by atoms with Gasteiger partial charge in [0.25, 0.3) is 5.91 Å². The third kappa shape index (κ3) is 3.82. The van der Waals surface area contributed by atoms with E-state index < -0.39 is 5.91 Å². The standard InChI is InChI=1S/C18H20N6O/c1-23(11-5-13-24-12-4-9-22-24)17-14(18(19)25)7-10-21-16(17)15-6-2-3-8-20-15/h2-4,6-10,12H,5,11,13H2,1H3,(H2,19,25). The van der Waals surface area contributed by atoms with Crippen molar-refractivity contribution in [2.75, 3.05) is 18.5 Å². The molecule has 3 rings (SSSR count). The highest BCUT2D eigenvalue weighted by molar-refractivity contribution is 6.01. The lowest BCUT2D eigenvalue weighted by molar-refractivity contribution is 0.100. The highest BCUT2D eigenvalue weighted by atomic mass is 16.1. The van der Waals surface area contributed by atoms with Crippen LogP contribution in [0.1, 0.15) is 16.8 Å². The Kier molecular flexibility index (Phi) is 5.03. The zero-order valence-corrected chi connectivity index (χ0v) is 14.0. The van der Waals surface area contributed by atoms with Crippen molar-refractivity contribution in [2.45, 2.75) is 13.0 Å². The minimum absolute atomic E-state index is 0.442. The van der Waals surface area contributed by atoms with Crippen molar-refractivity contribution < 1.29 is 4.79 Å². The molecule has 128 valence electrons. The maximum absolute atomic E-state index is 11.9. The summed E-state index contributed by atoms with van der Waals surface area (Å²) in [7, 11) is 1.93. The molecule has 0 aliphatic carbocycles. The number of pyridine rings is 2. The first kappa shape index (κ1) is 16.6. The van der Waals surface area contributed by atoms with Gasteiger partial charge in [0, 0.05) is 44.9 Å². The van der Waals surface area contributed by atoms with Crippen molar-refractivity contribution in [1.29, 1.82) is 0 Å². The van der Waals surface area contributed by atoms with E-state index in [4.69, 9.17) is 5.73 Å². The normalized spacial score (nSPS) is 10.6. The molecule has 7 nitrogen and oxygen atoms in total. The predicted molar refractivity (Wildman–Crippen MR) is 96.1 cm³/mol. The molecule has 3 aromatic rings. The number of amides is 1. The smallest absolute Gasteiger partial charge is 0.250 e. The highest BCUT2D eigenvalue weighted by Crippen LogP contribution is 2.30. The van der Waals surface area contributed by atoms with E-state index in [-0.39, 0.29) is 0 Å². The van der Waals surface area contributed by atoms with Crippen LogP contribution in [0.25, 0.3) is 11.4 Å². The lowest BCUT2D eigenvalue weighted by atomic mass is 10.1. The monoisotopic (exact) mass is 336 g/mol. The number of hydrogen-bond acceptors (Lipinski definition) is 5. The average Bonchev–Trinajstić information content (AvgIpc) is 3.15. The van der Waals surface area contributed by atoms with E-state index >= 15 is 0 Å². The third-order valence-corrected chi connectivity index (χ3v) is 3.92. The summed E-state index contributed by atoms with van der Waals surface area (Å²) >= 11 is 0. The molecule has 3 aromatic heterocycles. The maximum Gasteiger partial charge on any atom is 0.250 e. The second kappa shape index (κ2) is 7.57. The van der Waals surface area contributed by atoms with E-state index in [9.17, 15) is 4.79 Å². The molecule has 7 heteroatoms. The molecule has 0 saturated heterocycles. The van der Waals surface area contributed by atoms with Crippen molar-refractivity contribution in [2.24, 2.45) is 5.73 Å². The second-order valence-electron chi connectivity index (χ2n) is 5.68. The Morgan fingerprint density at radius 1 is 1.16 bits per heavy atom. The fourth-order valence-corrected chi connectivity index (χ4v) is 2.74. The first-order chi connectivity index (χ1) is 12.2. The lowest BCUT2D eigenvalue weighted by Crippen LogP contribution is -2.25. The maximum atomic E-state index is 11.9. The molecular formula is C18H20N6O. The van der Waals surface area contributed by atoms with E-state index in [1.807, 2.05) is 47.1 Å². The second-order valence-corrected chi connectivity index (χ2v) is 5.68. The van der Waals surface area contributed by atoms with Gasteiger partial charge in [0.1, 0.15) is 5.69 Å². The predicted octanol–water partition coefficient (Wildman–Crippen LogP) is 1.97. The lowest BCUT2D eigenvalue weighted by Gasteiger charge is -2.23. The van der Waals surface area contributed by atoms with Crippen molar-refractivity contribution in [3.05, 3.63) is 60.7 Å². The van der Waals surface area contributed by atoms with Gasteiger partial charge in [-0.3, -0.25) is 19.4 Å². The number of rotatable bonds is 7. The molecular weight excluding hydrogens is 316 g/mol. The van der Waals surface area contributed by atoms with Crippen LogP contribution in [-0.4, -0.2) is 39.2 Å². The summed E-state index contributed by atoms with van der Waals surface area (Å²) in [5.74, 6) is -0.478. The molecule has 0 unspecified atom stereocenters. The zero-order valence-electron chi connectivity index (χ0n) is 14.0. The topological polar surface area (TPSA) is 89.9 Å². The zero-order chi connectivity index (χ0) is 17.6.